The second kappa shape index (κ2) is 8.01. The van der Waals surface area contributed by atoms with Gasteiger partial charge >= 0.3 is 12.1 Å². The minimum atomic E-state index is -1.52. The van der Waals surface area contributed by atoms with E-state index in [1.54, 1.807) is 32.9 Å². The monoisotopic (exact) mass is 338 g/mol. The van der Waals surface area contributed by atoms with E-state index in [9.17, 15) is 14.7 Å². The van der Waals surface area contributed by atoms with Crippen LogP contribution in [0.25, 0.3) is 0 Å². The lowest BCUT2D eigenvalue weighted by atomic mass is 9.97. The Hall–Kier alpha value is -2.28. The predicted molar refractivity (Wildman–Crippen MR) is 90.5 cm³/mol. The zero-order valence-electron chi connectivity index (χ0n) is 14.8. The molecule has 0 bridgehead atoms. The third-order valence-corrected chi connectivity index (χ3v) is 3.34. The van der Waals surface area contributed by atoms with Crippen molar-refractivity contribution in [3.63, 3.8) is 0 Å². The van der Waals surface area contributed by atoms with Crippen molar-refractivity contribution in [1.82, 2.24) is 5.32 Å². The molecule has 0 aromatic heterocycles. The van der Waals surface area contributed by atoms with E-state index in [4.69, 9.17) is 10.5 Å². The first-order valence-corrected chi connectivity index (χ1v) is 7.64. The molecule has 4 N–H and O–H groups in total. The molecule has 0 saturated heterocycles. The van der Waals surface area contributed by atoms with E-state index in [1.807, 2.05) is 13.0 Å². The van der Waals surface area contributed by atoms with Gasteiger partial charge in [-0.3, -0.25) is 0 Å². The minimum absolute atomic E-state index is 0.201. The quantitative estimate of drug-likeness (QED) is 0.555. The number of rotatable bonds is 5. The summed E-state index contributed by atoms with van der Waals surface area (Å²) in [7, 11) is 1.17. The van der Waals surface area contributed by atoms with Gasteiger partial charge in [0.05, 0.1) is 13.2 Å². The highest BCUT2D eigenvalue weighted by atomic mass is 16.6. The number of amides is 1. The van der Waals surface area contributed by atoms with Crippen LogP contribution in [0.4, 0.5) is 10.5 Å². The van der Waals surface area contributed by atoms with Gasteiger partial charge in [0.25, 0.3) is 0 Å². The van der Waals surface area contributed by atoms with Crippen molar-refractivity contribution < 1.29 is 24.2 Å². The highest BCUT2D eigenvalue weighted by Crippen LogP contribution is 2.17. The summed E-state index contributed by atoms with van der Waals surface area (Å²) in [5.41, 5.74) is 7.37. The van der Waals surface area contributed by atoms with E-state index in [0.29, 0.717) is 5.69 Å². The summed E-state index contributed by atoms with van der Waals surface area (Å²) in [5.74, 6) is -0.836. The van der Waals surface area contributed by atoms with Gasteiger partial charge in [-0.1, -0.05) is 6.07 Å². The molecule has 1 aromatic rings. The molecule has 0 spiro atoms. The molecule has 0 fully saturated rings. The largest absolute Gasteiger partial charge is 0.467 e. The van der Waals surface area contributed by atoms with Crippen LogP contribution in [0, 0.1) is 6.92 Å². The van der Waals surface area contributed by atoms with Gasteiger partial charge in [-0.2, -0.15) is 0 Å². The topological polar surface area (TPSA) is 111 Å². The Labute approximate surface area is 142 Å². The molecule has 1 rings (SSSR count). The smallest absolute Gasteiger partial charge is 0.407 e. The van der Waals surface area contributed by atoms with Crippen LogP contribution in [-0.2, 0) is 20.7 Å². The van der Waals surface area contributed by atoms with Crippen LogP contribution in [0.5, 0.6) is 0 Å². The Morgan fingerprint density at radius 2 is 1.96 bits per heavy atom. The summed E-state index contributed by atoms with van der Waals surface area (Å²) in [5, 5.41) is 12.7. The fourth-order valence-corrected chi connectivity index (χ4v) is 2.13. The first-order valence-electron chi connectivity index (χ1n) is 7.64. The number of nitrogens with one attached hydrogen (secondary N) is 1. The van der Waals surface area contributed by atoms with Crippen LogP contribution >= 0.6 is 0 Å². The molecule has 24 heavy (non-hydrogen) atoms. The number of benzene rings is 1. The molecule has 1 aromatic carbocycles. The number of methoxy groups -OCH3 is 1. The Balaban J connectivity index is 2.99. The Bertz CT molecular complexity index is 595. The van der Waals surface area contributed by atoms with Gasteiger partial charge in [-0.15, -0.1) is 0 Å². The van der Waals surface area contributed by atoms with Gasteiger partial charge in [0.1, 0.15) is 5.60 Å². The van der Waals surface area contributed by atoms with Gasteiger partial charge in [0.15, 0.2) is 6.10 Å². The fourth-order valence-electron chi connectivity index (χ4n) is 2.13. The van der Waals surface area contributed by atoms with E-state index in [1.165, 1.54) is 7.11 Å². The number of esters is 1. The molecule has 134 valence electrons. The number of aliphatic hydroxyl groups excluding tert-OH is 1. The number of aryl methyl sites for hydroxylation is 1. The average molecular weight is 338 g/mol. The zero-order valence-corrected chi connectivity index (χ0v) is 14.8. The molecule has 0 radical (unpaired) electrons. The van der Waals surface area contributed by atoms with E-state index < -0.39 is 29.8 Å². The highest BCUT2D eigenvalue weighted by molar-refractivity contribution is 5.77. The summed E-state index contributed by atoms with van der Waals surface area (Å²) in [6, 6.07) is 4.42. The first-order chi connectivity index (χ1) is 11.0. The molecule has 0 aliphatic rings. The Kier molecular flexibility index (Phi) is 6.60. The van der Waals surface area contributed by atoms with Crippen LogP contribution in [0.1, 0.15) is 31.9 Å². The van der Waals surface area contributed by atoms with Gasteiger partial charge in [-0.25, -0.2) is 9.59 Å². The maximum Gasteiger partial charge on any atom is 0.407 e. The van der Waals surface area contributed by atoms with Crippen molar-refractivity contribution in [3.05, 3.63) is 29.3 Å². The molecule has 7 nitrogen and oxygen atoms in total. The van der Waals surface area contributed by atoms with Gasteiger partial charge in [0, 0.05) is 5.69 Å². The lowest BCUT2D eigenvalue weighted by Crippen LogP contribution is -2.50. The number of alkyl carbamates (subject to hydrolysis) is 1. The summed E-state index contributed by atoms with van der Waals surface area (Å²) >= 11 is 0. The molecule has 1 amide bonds. The molecule has 0 aliphatic carbocycles. The molecule has 2 atom stereocenters. The van der Waals surface area contributed by atoms with E-state index >= 15 is 0 Å². The average Bonchev–Trinajstić information content (AvgIpc) is 2.46. The maximum absolute atomic E-state index is 12.0. The van der Waals surface area contributed by atoms with Crippen molar-refractivity contribution in [2.75, 3.05) is 12.8 Å². The lowest BCUT2D eigenvalue weighted by molar-refractivity contribution is -0.151. The third-order valence-electron chi connectivity index (χ3n) is 3.34. The Morgan fingerprint density at radius 3 is 2.50 bits per heavy atom. The summed E-state index contributed by atoms with van der Waals surface area (Å²) in [6.07, 6.45) is -2.05. The van der Waals surface area contributed by atoms with Crippen molar-refractivity contribution in [1.29, 1.82) is 0 Å². The van der Waals surface area contributed by atoms with Gasteiger partial charge in [-0.05, 0) is 57.4 Å². The minimum Gasteiger partial charge on any atom is -0.467 e. The number of carbonyl (C=O) groups excluding carboxylic acids is 2. The number of carbonyl (C=O) groups is 2. The Morgan fingerprint density at radius 1 is 1.33 bits per heavy atom. The number of hydrogen-bond acceptors (Lipinski definition) is 6. The highest BCUT2D eigenvalue weighted by Gasteiger charge is 2.30. The van der Waals surface area contributed by atoms with E-state index in [2.05, 4.69) is 10.1 Å². The maximum atomic E-state index is 12.0. The van der Waals surface area contributed by atoms with Crippen LogP contribution in [0.15, 0.2) is 18.2 Å². The van der Waals surface area contributed by atoms with Crippen molar-refractivity contribution >= 4 is 17.7 Å². The number of ether oxygens (including phenoxy) is 2. The number of nitrogen functional groups attached to an aromatic ring is 1. The summed E-state index contributed by atoms with van der Waals surface area (Å²) < 4.78 is 9.75. The summed E-state index contributed by atoms with van der Waals surface area (Å²) in [4.78, 5) is 23.7. The van der Waals surface area contributed by atoms with E-state index in [0.717, 1.165) is 11.1 Å². The molecular weight excluding hydrogens is 312 g/mol. The number of anilines is 1. The van der Waals surface area contributed by atoms with Crippen molar-refractivity contribution in [2.24, 2.45) is 0 Å². The first kappa shape index (κ1) is 19.8. The molecule has 0 aliphatic heterocycles. The molecule has 2 unspecified atom stereocenters. The van der Waals surface area contributed by atoms with Gasteiger partial charge in [0.2, 0.25) is 0 Å². The normalized spacial score (nSPS) is 13.8. The molecule has 0 heterocycles. The summed E-state index contributed by atoms with van der Waals surface area (Å²) in [6.45, 7) is 7.05. The number of nitrogens with two attached hydrogens (primary N) is 1. The lowest BCUT2D eigenvalue weighted by Gasteiger charge is -2.26. The predicted octanol–water partition coefficient (Wildman–Crippen LogP) is 1.55. The van der Waals surface area contributed by atoms with Crippen LogP contribution in [0.3, 0.4) is 0 Å². The third kappa shape index (κ3) is 6.08. The van der Waals surface area contributed by atoms with Crippen molar-refractivity contribution in [3.8, 4) is 0 Å². The van der Waals surface area contributed by atoms with Crippen LogP contribution < -0.4 is 11.1 Å². The van der Waals surface area contributed by atoms with Crippen LogP contribution in [0.2, 0.25) is 0 Å². The molecule has 7 heteroatoms. The zero-order chi connectivity index (χ0) is 18.5. The fraction of sp³-hybridized carbons (Fsp3) is 0.529. The second-order valence-corrected chi connectivity index (χ2v) is 6.61. The van der Waals surface area contributed by atoms with E-state index in [-0.39, 0.29) is 6.42 Å². The standard InChI is InChI=1S/C17H26N2O5/c1-10-6-7-12(18)8-11(10)9-13(14(20)15(21)23-5)19-16(22)24-17(2,3)4/h6-8,13-14,20H,9,18H2,1-5H3,(H,19,22). The number of hydrogen-bond donors (Lipinski definition) is 3. The van der Waals surface area contributed by atoms with Crippen molar-refractivity contribution in [2.45, 2.75) is 51.9 Å². The SMILES string of the molecule is COC(=O)C(O)C(Cc1cc(N)ccc1C)NC(=O)OC(C)(C)C. The molecule has 0 saturated carbocycles. The molecular formula is C17H26N2O5. The number of aliphatic hydroxyl groups is 1. The van der Waals surface area contributed by atoms with Gasteiger partial charge < -0.3 is 25.6 Å². The second-order valence-electron chi connectivity index (χ2n) is 6.61. The van der Waals surface area contributed by atoms with Crippen LogP contribution in [-0.4, -0.2) is 42.0 Å².